The van der Waals surface area contributed by atoms with Crippen LogP contribution in [0.5, 0.6) is 0 Å². The fourth-order valence-electron chi connectivity index (χ4n) is 4.36. The number of nitrogens with one attached hydrogen (secondary N) is 1. The van der Waals surface area contributed by atoms with Crippen LogP contribution >= 0.6 is 0 Å². The van der Waals surface area contributed by atoms with E-state index < -0.39 is 0 Å². The molecule has 1 unspecified atom stereocenters. The van der Waals surface area contributed by atoms with Gasteiger partial charge >= 0.3 is 0 Å². The minimum Gasteiger partial charge on any atom is -0.361 e. The zero-order chi connectivity index (χ0) is 17.6. The predicted molar refractivity (Wildman–Crippen MR) is 91.8 cm³/mol. The summed E-state index contributed by atoms with van der Waals surface area (Å²) in [5.41, 5.74) is 1.68. The van der Waals surface area contributed by atoms with Crippen LogP contribution in [0.2, 0.25) is 0 Å². The molecule has 3 aliphatic rings. The Kier molecular flexibility index (Phi) is 4.08. The maximum absolute atomic E-state index is 12.8. The number of nitrogens with zero attached hydrogens (tertiary/aromatic N) is 2. The maximum atomic E-state index is 12.8. The van der Waals surface area contributed by atoms with Crippen LogP contribution in [-0.4, -0.2) is 41.5 Å². The van der Waals surface area contributed by atoms with E-state index in [9.17, 15) is 9.59 Å². The van der Waals surface area contributed by atoms with Gasteiger partial charge in [0.05, 0.1) is 18.0 Å². The Labute approximate surface area is 148 Å². The van der Waals surface area contributed by atoms with Gasteiger partial charge in [0.15, 0.2) is 0 Å². The maximum Gasteiger partial charge on any atom is 0.227 e. The van der Waals surface area contributed by atoms with E-state index in [0.717, 1.165) is 43.6 Å². The number of amides is 2. The molecule has 2 heterocycles. The summed E-state index contributed by atoms with van der Waals surface area (Å²) in [6.45, 7) is 5.78. The first-order chi connectivity index (χ1) is 12.0. The van der Waals surface area contributed by atoms with Crippen molar-refractivity contribution in [1.82, 2.24) is 15.4 Å². The number of carbonyl (C=O) groups is 2. The monoisotopic (exact) mass is 345 g/mol. The topological polar surface area (TPSA) is 75.4 Å². The van der Waals surface area contributed by atoms with Gasteiger partial charge < -0.3 is 14.7 Å². The van der Waals surface area contributed by atoms with Crippen LogP contribution in [0.4, 0.5) is 0 Å². The molecule has 4 rings (SSSR count). The van der Waals surface area contributed by atoms with E-state index in [0.29, 0.717) is 24.6 Å². The summed E-state index contributed by atoms with van der Waals surface area (Å²) in [5.74, 6) is 1.58. The van der Waals surface area contributed by atoms with Gasteiger partial charge in [-0.1, -0.05) is 11.6 Å². The van der Waals surface area contributed by atoms with Crippen LogP contribution < -0.4 is 5.32 Å². The fraction of sp³-hybridized carbons (Fsp3) is 0.737. The minimum absolute atomic E-state index is 0.0159. The number of aromatic nitrogens is 1. The summed E-state index contributed by atoms with van der Waals surface area (Å²) < 4.78 is 5.17. The predicted octanol–water partition coefficient (Wildman–Crippen LogP) is 1.99. The molecule has 1 atom stereocenters. The molecule has 136 valence electrons. The molecule has 1 aromatic heterocycles. The second-order valence-electron chi connectivity index (χ2n) is 8.21. The molecule has 3 fully saturated rings. The standard InChI is InChI=1S/C19H27N3O3/c1-12-15(13(2)25-21-12)8-17(23)22-10-16(19(11-22)6-3-7-19)18(24)20-9-14-4-5-14/h14,16H,3-11H2,1-2H3,(H,20,24). The third-order valence-electron chi connectivity index (χ3n) is 6.44. The fourth-order valence-corrected chi connectivity index (χ4v) is 4.36. The van der Waals surface area contributed by atoms with Crippen molar-refractivity contribution in [3.05, 3.63) is 17.0 Å². The van der Waals surface area contributed by atoms with Crippen molar-refractivity contribution in [3.8, 4) is 0 Å². The first kappa shape index (κ1) is 16.6. The lowest BCUT2D eigenvalue weighted by molar-refractivity contribution is -0.130. The Bertz CT molecular complexity index is 669. The summed E-state index contributed by atoms with van der Waals surface area (Å²) in [7, 11) is 0. The van der Waals surface area contributed by atoms with Gasteiger partial charge in [-0.3, -0.25) is 9.59 Å². The highest BCUT2D eigenvalue weighted by molar-refractivity contribution is 5.84. The van der Waals surface area contributed by atoms with Gasteiger partial charge in [0.2, 0.25) is 11.8 Å². The molecule has 1 aliphatic heterocycles. The Morgan fingerprint density at radius 1 is 1.32 bits per heavy atom. The van der Waals surface area contributed by atoms with Gasteiger partial charge in [0, 0.05) is 30.6 Å². The second kappa shape index (κ2) is 6.15. The van der Waals surface area contributed by atoms with Gasteiger partial charge in [0.25, 0.3) is 0 Å². The van der Waals surface area contributed by atoms with Gasteiger partial charge in [-0.25, -0.2) is 0 Å². The van der Waals surface area contributed by atoms with Crippen molar-refractivity contribution in [1.29, 1.82) is 0 Å². The molecule has 0 bridgehead atoms. The highest BCUT2D eigenvalue weighted by atomic mass is 16.5. The first-order valence-corrected chi connectivity index (χ1v) is 9.46. The van der Waals surface area contributed by atoms with Crippen molar-refractivity contribution >= 4 is 11.8 Å². The number of likely N-dealkylation sites (tertiary alicyclic amines) is 1. The Morgan fingerprint density at radius 2 is 2.08 bits per heavy atom. The number of carbonyl (C=O) groups excluding carboxylic acids is 2. The Morgan fingerprint density at radius 3 is 2.64 bits per heavy atom. The van der Waals surface area contributed by atoms with Crippen LogP contribution in [-0.2, 0) is 16.0 Å². The van der Waals surface area contributed by atoms with Gasteiger partial charge in [0.1, 0.15) is 5.76 Å². The Balaban J connectivity index is 1.42. The molecule has 6 nitrogen and oxygen atoms in total. The second-order valence-corrected chi connectivity index (χ2v) is 8.21. The average molecular weight is 345 g/mol. The molecule has 25 heavy (non-hydrogen) atoms. The zero-order valence-corrected chi connectivity index (χ0v) is 15.1. The summed E-state index contributed by atoms with van der Waals surface area (Å²) in [6.07, 6.45) is 6.06. The van der Waals surface area contributed by atoms with Crippen LogP contribution in [0.25, 0.3) is 0 Å². The summed E-state index contributed by atoms with van der Waals surface area (Å²) in [4.78, 5) is 27.4. The first-order valence-electron chi connectivity index (χ1n) is 9.46. The summed E-state index contributed by atoms with van der Waals surface area (Å²) in [5, 5.41) is 7.06. The van der Waals surface area contributed by atoms with E-state index in [2.05, 4.69) is 10.5 Å². The van der Waals surface area contributed by atoms with E-state index in [-0.39, 0.29) is 23.1 Å². The van der Waals surface area contributed by atoms with Gasteiger partial charge in [-0.2, -0.15) is 0 Å². The lowest BCUT2D eigenvalue weighted by atomic mass is 9.62. The van der Waals surface area contributed by atoms with Crippen LogP contribution in [0.1, 0.15) is 49.1 Å². The molecule has 2 saturated carbocycles. The normalized spacial score (nSPS) is 24.4. The number of hydrogen-bond acceptors (Lipinski definition) is 4. The van der Waals surface area contributed by atoms with Crippen molar-refractivity contribution in [2.75, 3.05) is 19.6 Å². The van der Waals surface area contributed by atoms with Gasteiger partial charge in [-0.05, 0) is 45.4 Å². The van der Waals surface area contributed by atoms with Crippen LogP contribution in [0.15, 0.2) is 4.52 Å². The molecule has 1 aromatic rings. The molecule has 1 saturated heterocycles. The zero-order valence-electron chi connectivity index (χ0n) is 15.1. The molecular weight excluding hydrogens is 318 g/mol. The lowest BCUT2D eigenvalue weighted by Gasteiger charge is -2.41. The smallest absolute Gasteiger partial charge is 0.227 e. The third kappa shape index (κ3) is 3.07. The van der Waals surface area contributed by atoms with E-state index in [4.69, 9.17) is 4.52 Å². The molecule has 0 radical (unpaired) electrons. The molecule has 2 aliphatic carbocycles. The number of aryl methyl sites for hydroxylation is 2. The third-order valence-corrected chi connectivity index (χ3v) is 6.44. The highest BCUT2D eigenvalue weighted by Gasteiger charge is 2.54. The molecule has 1 spiro atoms. The SMILES string of the molecule is Cc1noc(C)c1CC(=O)N1CC(C(=O)NCC2CC2)C2(CCC2)C1. The van der Waals surface area contributed by atoms with Crippen molar-refractivity contribution in [3.63, 3.8) is 0 Å². The summed E-state index contributed by atoms with van der Waals surface area (Å²) >= 11 is 0. The van der Waals surface area contributed by atoms with Crippen molar-refractivity contribution in [2.45, 2.75) is 52.4 Å². The summed E-state index contributed by atoms with van der Waals surface area (Å²) in [6, 6.07) is 0. The van der Waals surface area contributed by atoms with Crippen LogP contribution in [0.3, 0.4) is 0 Å². The van der Waals surface area contributed by atoms with E-state index in [1.165, 1.54) is 12.8 Å². The Hall–Kier alpha value is -1.85. The van der Waals surface area contributed by atoms with E-state index >= 15 is 0 Å². The van der Waals surface area contributed by atoms with E-state index in [1.807, 2.05) is 18.7 Å². The molecule has 1 N–H and O–H groups in total. The number of rotatable bonds is 5. The van der Waals surface area contributed by atoms with Gasteiger partial charge in [-0.15, -0.1) is 0 Å². The molecule has 2 amide bonds. The molecule has 0 aromatic carbocycles. The lowest BCUT2D eigenvalue weighted by Crippen LogP contribution is -2.45. The average Bonchev–Trinajstić information content (AvgIpc) is 3.21. The van der Waals surface area contributed by atoms with Crippen molar-refractivity contribution in [2.24, 2.45) is 17.3 Å². The molecular formula is C19H27N3O3. The largest absolute Gasteiger partial charge is 0.361 e. The molecule has 6 heteroatoms. The van der Waals surface area contributed by atoms with Crippen LogP contribution in [0, 0.1) is 31.1 Å². The van der Waals surface area contributed by atoms with E-state index in [1.54, 1.807) is 0 Å². The number of hydrogen-bond donors (Lipinski definition) is 1. The minimum atomic E-state index is -0.0476. The van der Waals surface area contributed by atoms with Crippen molar-refractivity contribution < 1.29 is 14.1 Å². The highest BCUT2D eigenvalue weighted by Crippen LogP contribution is 2.51. The quantitative estimate of drug-likeness (QED) is 0.885.